The van der Waals surface area contributed by atoms with Crippen LogP contribution in [0.2, 0.25) is 0 Å². The Morgan fingerprint density at radius 3 is 2.81 bits per heavy atom. The molecule has 2 aromatic heterocycles. The Morgan fingerprint density at radius 2 is 2.10 bits per heavy atom. The topological polar surface area (TPSA) is 54.6 Å². The van der Waals surface area contributed by atoms with Crippen LogP contribution < -0.4 is 0 Å². The smallest absolute Gasteiger partial charge is 0.354 e. The van der Waals surface area contributed by atoms with Gasteiger partial charge in [-0.3, -0.25) is 4.40 Å². The van der Waals surface area contributed by atoms with Gasteiger partial charge in [-0.25, -0.2) is 9.78 Å². The molecule has 0 spiro atoms. The number of hydrogen-bond donors (Lipinski definition) is 1. The molecule has 0 aromatic carbocycles. The van der Waals surface area contributed by atoms with Gasteiger partial charge in [0.2, 0.25) is 0 Å². The molecule has 1 aliphatic carbocycles. The number of aryl methyl sites for hydroxylation is 2. The zero-order valence-electron chi connectivity index (χ0n) is 12.5. The standard InChI is InChI=1S/C17H22N2O2/c1-12-7-10-15-18-14(16(17(20)21)19(15)11-12)9-8-13-5-3-2-4-6-13/h7,10-11,13H,2-6,8-9H2,1H3,(H,20,21). The van der Waals surface area contributed by atoms with Gasteiger partial charge in [0.05, 0.1) is 5.69 Å². The van der Waals surface area contributed by atoms with E-state index in [1.807, 2.05) is 25.3 Å². The lowest BCUT2D eigenvalue weighted by molar-refractivity contribution is 0.0688. The number of fused-ring (bicyclic) bond motifs is 1. The van der Waals surface area contributed by atoms with Crippen molar-refractivity contribution >= 4 is 11.6 Å². The van der Waals surface area contributed by atoms with E-state index in [0.29, 0.717) is 5.69 Å². The molecular formula is C17H22N2O2. The van der Waals surface area contributed by atoms with Crippen molar-refractivity contribution < 1.29 is 9.90 Å². The van der Waals surface area contributed by atoms with Crippen LogP contribution >= 0.6 is 0 Å². The third-order valence-electron chi connectivity index (χ3n) is 4.56. The first-order chi connectivity index (χ1) is 10.1. The predicted molar refractivity (Wildman–Crippen MR) is 81.8 cm³/mol. The number of hydrogen-bond acceptors (Lipinski definition) is 2. The Labute approximate surface area is 124 Å². The summed E-state index contributed by atoms with van der Waals surface area (Å²) in [4.78, 5) is 16.1. The number of rotatable bonds is 4. The molecule has 4 nitrogen and oxygen atoms in total. The number of imidazole rings is 1. The summed E-state index contributed by atoms with van der Waals surface area (Å²) in [7, 11) is 0. The summed E-state index contributed by atoms with van der Waals surface area (Å²) in [6, 6.07) is 3.87. The maximum atomic E-state index is 11.6. The van der Waals surface area contributed by atoms with Crippen LogP contribution in [0.15, 0.2) is 18.3 Å². The van der Waals surface area contributed by atoms with Gasteiger partial charge in [-0.05, 0) is 37.3 Å². The van der Waals surface area contributed by atoms with Gasteiger partial charge in [-0.2, -0.15) is 0 Å². The molecule has 0 amide bonds. The Morgan fingerprint density at radius 1 is 1.33 bits per heavy atom. The first kappa shape index (κ1) is 14.1. The van der Waals surface area contributed by atoms with Gasteiger partial charge in [0.25, 0.3) is 0 Å². The van der Waals surface area contributed by atoms with Gasteiger partial charge in [0, 0.05) is 6.20 Å². The number of aromatic nitrogens is 2. The summed E-state index contributed by atoms with van der Waals surface area (Å²) in [5.41, 5.74) is 2.85. The van der Waals surface area contributed by atoms with E-state index in [1.54, 1.807) is 4.40 Å². The summed E-state index contributed by atoms with van der Waals surface area (Å²) in [6.07, 6.45) is 10.3. The summed E-state index contributed by atoms with van der Waals surface area (Å²) in [5, 5.41) is 9.52. The van der Waals surface area contributed by atoms with Crippen LogP contribution in [0.1, 0.15) is 60.3 Å². The lowest BCUT2D eigenvalue weighted by atomic mass is 9.85. The maximum absolute atomic E-state index is 11.6. The highest BCUT2D eigenvalue weighted by Gasteiger charge is 2.20. The van der Waals surface area contributed by atoms with Crippen LogP contribution in [0.5, 0.6) is 0 Å². The molecule has 2 heterocycles. The van der Waals surface area contributed by atoms with Gasteiger partial charge in [0.1, 0.15) is 5.65 Å². The molecule has 112 valence electrons. The molecule has 0 aliphatic heterocycles. The number of nitrogens with zero attached hydrogens (tertiary/aromatic N) is 2. The van der Waals surface area contributed by atoms with E-state index in [4.69, 9.17) is 0 Å². The molecule has 0 bridgehead atoms. The van der Waals surface area contributed by atoms with E-state index in [1.165, 1.54) is 32.1 Å². The van der Waals surface area contributed by atoms with E-state index in [-0.39, 0.29) is 0 Å². The van der Waals surface area contributed by atoms with Crippen LogP contribution in [-0.4, -0.2) is 20.5 Å². The van der Waals surface area contributed by atoms with E-state index in [2.05, 4.69) is 4.98 Å². The lowest BCUT2D eigenvalue weighted by Gasteiger charge is -2.20. The zero-order valence-corrected chi connectivity index (χ0v) is 12.5. The second-order valence-corrected chi connectivity index (χ2v) is 6.19. The molecule has 21 heavy (non-hydrogen) atoms. The molecule has 4 heteroatoms. The van der Waals surface area contributed by atoms with Gasteiger partial charge in [-0.1, -0.05) is 38.2 Å². The molecule has 2 aromatic rings. The van der Waals surface area contributed by atoms with E-state index in [0.717, 1.165) is 35.7 Å². The zero-order chi connectivity index (χ0) is 14.8. The summed E-state index contributed by atoms with van der Waals surface area (Å²) < 4.78 is 1.72. The second kappa shape index (κ2) is 5.88. The fourth-order valence-electron chi connectivity index (χ4n) is 3.42. The normalized spacial score (nSPS) is 16.4. The van der Waals surface area contributed by atoms with E-state index in [9.17, 15) is 9.90 Å². The molecule has 0 radical (unpaired) electrons. The largest absolute Gasteiger partial charge is 0.477 e. The highest BCUT2D eigenvalue weighted by Crippen LogP contribution is 2.28. The van der Waals surface area contributed by atoms with Crippen molar-refractivity contribution in [3.05, 3.63) is 35.3 Å². The minimum atomic E-state index is -0.883. The first-order valence-electron chi connectivity index (χ1n) is 7.86. The van der Waals surface area contributed by atoms with Crippen molar-refractivity contribution in [1.29, 1.82) is 0 Å². The van der Waals surface area contributed by atoms with E-state index < -0.39 is 5.97 Å². The quantitative estimate of drug-likeness (QED) is 0.928. The molecule has 0 unspecified atom stereocenters. The number of pyridine rings is 1. The highest BCUT2D eigenvalue weighted by atomic mass is 16.4. The van der Waals surface area contributed by atoms with Gasteiger partial charge in [0.15, 0.2) is 5.69 Å². The molecular weight excluding hydrogens is 264 g/mol. The number of carboxylic acid groups (broad SMARTS) is 1. The first-order valence-corrected chi connectivity index (χ1v) is 7.86. The summed E-state index contributed by atoms with van der Waals surface area (Å²) in [5.74, 6) is -0.140. The average Bonchev–Trinajstić information content (AvgIpc) is 2.84. The van der Waals surface area contributed by atoms with Gasteiger partial charge >= 0.3 is 5.97 Å². The maximum Gasteiger partial charge on any atom is 0.354 e. The van der Waals surface area contributed by atoms with Crippen LogP contribution in [0.3, 0.4) is 0 Å². The lowest BCUT2D eigenvalue weighted by Crippen LogP contribution is -2.10. The molecule has 1 aliphatic rings. The van der Waals surface area contributed by atoms with Gasteiger partial charge < -0.3 is 5.11 Å². The minimum Gasteiger partial charge on any atom is -0.477 e. The van der Waals surface area contributed by atoms with Crippen LogP contribution in [0, 0.1) is 12.8 Å². The van der Waals surface area contributed by atoms with Crippen molar-refractivity contribution in [2.75, 3.05) is 0 Å². The monoisotopic (exact) mass is 286 g/mol. The molecule has 0 atom stereocenters. The molecule has 1 saturated carbocycles. The average molecular weight is 286 g/mol. The molecule has 1 fully saturated rings. The number of carbonyl (C=O) groups is 1. The fourth-order valence-corrected chi connectivity index (χ4v) is 3.42. The predicted octanol–water partition coefficient (Wildman–Crippen LogP) is 3.85. The summed E-state index contributed by atoms with van der Waals surface area (Å²) >= 11 is 0. The SMILES string of the molecule is Cc1ccc2nc(CCC3CCCCC3)c(C(=O)O)n2c1. The third kappa shape index (κ3) is 2.94. The summed E-state index contributed by atoms with van der Waals surface area (Å²) in [6.45, 7) is 1.97. The Kier molecular flexibility index (Phi) is 3.95. The molecule has 0 saturated heterocycles. The second-order valence-electron chi connectivity index (χ2n) is 6.19. The number of carboxylic acids is 1. The fraction of sp³-hybridized carbons (Fsp3) is 0.529. The van der Waals surface area contributed by atoms with Crippen molar-refractivity contribution in [3.8, 4) is 0 Å². The van der Waals surface area contributed by atoms with Crippen molar-refractivity contribution in [1.82, 2.24) is 9.38 Å². The molecule has 1 N–H and O–H groups in total. The van der Waals surface area contributed by atoms with Crippen molar-refractivity contribution in [2.24, 2.45) is 5.92 Å². The molecule has 3 rings (SSSR count). The number of aromatic carboxylic acids is 1. The Bertz CT molecular complexity index is 654. The van der Waals surface area contributed by atoms with Gasteiger partial charge in [-0.15, -0.1) is 0 Å². The van der Waals surface area contributed by atoms with E-state index >= 15 is 0 Å². The Hall–Kier alpha value is -1.84. The Balaban J connectivity index is 1.86. The van der Waals surface area contributed by atoms with Crippen molar-refractivity contribution in [2.45, 2.75) is 51.9 Å². The van der Waals surface area contributed by atoms with Crippen LogP contribution in [0.4, 0.5) is 0 Å². The van der Waals surface area contributed by atoms with Crippen LogP contribution in [0.25, 0.3) is 5.65 Å². The minimum absolute atomic E-state index is 0.338. The third-order valence-corrected chi connectivity index (χ3v) is 4.56. The van der Waals surface area contributed by atoms with Crippen LogP contribution in [-0.2, 0) is 6.42 Å². The highest BCUT2D eigenvalue weighted by molar-refractivity contribution is 5.88. The van der Waals surface area contributed by atoms with Crippen molar-refractivity contribution in [3.63, 3.8) is 0 Å².